The second-order valence-electron chi connectivity index (χ2n) is 11.8. The monoisotopic (exact) mass is 436 g/mol. The van der Waals surface area contributed by atoms with Crippen molar-refractivity contribution in [2.45, 2.75) is 144 Å². The van der Waals surface area contributed by atoms with Crippen LogP contribution in [0.5, 0.6) is 0 Å². The van der Waals surface area contributed by atoms with E-state index in [1.165, 1.54) is 96.3 Å². The van der Waals surface area contributed by atoms with Gasteiger partial charge >= 0.3 is 0 Å². The van der Waals surface area contributed by atoms with Crippen molar-refractivity contribution in [2.75, 3.05) is 6.54 Å². The van der Waals surface area contributed by atoms with Crippen molar-refractivity contribution in [3.63, 3.8) is 0 Å². The number of hydrogen-bond donors (Lipinski definition) is 2. The van der Waals surface area contributed by atoms with Gasteiger partial charge in [0.1, 0.15) is 0 Å². The highest BCUT2D eigenvalue weighted by Gasteiger charge is 2.44. The van der Waals surface area contributed by atoms with E-state index in [9.17, 15) is 0 Å². The van der Waals surface area contributed by atoms with Crippen LogP contribution in [0.15, 0.2) is 0 Å². The molecule has 0 radical (unpaired) electrons. The molecule has 0 spiro atoms. The lowest BCUT2D eigenvalue weighted by molar-refractivity contribution is 0.00968. The third-order valence-electron chi connectivity index (χ3n) is 8.90. The van der Waals surface area contributed by atoms with Gasteiger partial charge in [0.25, 0.3) is 0 Å². The summed E-state index contributed by atoms with van der Waals surface area (Å²) in [5.41, 5.74) is 13.3. The predicted octanol–water partition coefficient (Wildman–Crippen LogP) is 8.32. The Kier molecular flexibility index (Phi) is 14.7. The quantitative estimate of drug-likeness (QED) is 0.225. The van der Waals surface area contributed by atoms with Crippen LogP contribution in [0, 0.1) is 35.0 Å². The standard InChI is InChI=1S/C29H60N2/c1-7-15-25(6)28(31)16-13-11-9-10-12-14-20-29(22-30,19-8-2)27-21-24(5)17-18-26(27)23(3)4/h23-28H,7-22,30-31H2,1-6H3. The molecule has 6 atom stereocenters. The number of nitrogens with two attached hydrogens (primary N) is 2. The molecule has 2 heteroatoms. The van der Waals surface area contributed by atoms with Gasteiger partial charge in [-0.05, 0) is 80.1 Å². The lowest BCUT2D eigenvalue weighted by Gasteiger charge is -2.49. The molecule has 6 unspecified atom stereocenters. The summed E-state index contributed by atoms with van der Waals surface area (Å²) in [4.78, 5) is 0. The van der Waals surface area contributed by atoms with Crippen molar-refractivity contribution in [1.82, 2.24) is 0 Å². The van der Waals surface area contributed by atoms with Gasteiger partial charge in [0.15, 0.2) is 0 Å². The predicted molar refractivity (Wildman–Crippen MR) is 140 cm³/mol. The molecule has 0 heterocycles. The molecule has 0 aromatic carbocycles. The Morgan fingerprint density at radius 3 is 2.06 bits per heavy atom. The third kappa shape index (κ3) is 9.75. The molecule has 0 aromatic rings. The second-order valence-corrected chi connectivity index (χ2v) is 11.8. The maximum absolute atomic E-state index is 6.58. The van der Waals surface area contributed by atoms with Crippen molar-refractivity contribution in [1.29, 1.82) is 0 Å². The summed E-state index contributed by atoms with van der Waals surface area (Å²) in [6.45, 7) is 15.2. The molecule has 31 heavy (non-hydrogen) atoms. The Bertz CT molecular complexity index is 434. The summed E-state index contributed by atoms with van der Waals surface area (Å²) < 4.78 is 0. The highest BCUT2D eigenvalue weighted by atomic mass is 14.6. The zero-order valence-electron chi connectivity index (χ0n) is 22.4. The first-order valence-electron chi connectivity index (χ1n) is 14.3. The van der Waals surface area contributed by atoms with Gasteiger partial charge < -0.3 is 11.5 Å². The Labute approximate surface area is 197 Å². The molecule has 0 bridgehead atoms. The average Bonchev–Trinajstić information content (AvgIpc) is 2.74. The van der Waals surface area contributed by atoms with Crippen LogP contribution in [-0.4, -0.2) is 12.6 Å². The lowest BCUT2D eigenvalue weighted by atomic mass is 9.56. The van der Waals surface area contributed by atoms with Crippen LogP contribution < -0.4 is 11.5 Å². The summed E-state index contributed by atoms with van der Waals surface area (Å²) in [6, 6.07) is 0.408. The van der Waals surface area contributed by atoms with Crippen LogP contribution in [0.1, 0.15) is 138 Å². The van der Waals surface area contributed by atoms with Crippen LogP contribution in [0.2, 0.25) is 0 Å². The summed E-state index contributed by atoms with van der Waals surface area (Å²) in [5.74, 6) is 4.09. The molecule has 1 aliphatic rings. The summed E-state index contributed by atoms with van der Waals surface area (Å²) in [5, 5.41) is 0. The molecule has 186 valence electrons. The number of rotatable bonds is 17. The van der Waals surface area contributed by atoms with Crippen molar-refractivity contribution in [2.24, 2.45) is 46.5 Å². The van der Waals surface area contributed by atoms with E-state index in [0.29, 0.717) is 17.4 Å². The molecular formula is C29H60N2. The Morgan fingerprint density at radius 2 is 1.48 bits per heavy atom. The first-order valence-corrected chi connectivity index (χ1v) is 14.3. The number of hydrogen-bond acceptors (Lipinski definition) is 2. The van der Waals surface area contributed by atoms with E-state index >= 15 is 0 Å². The third-order valence-corrected chi connectivity index (χ3v) is 8.90. The van der Waals surface area contributed by atoms with Crippen LogP contribution in [0.4, 0.5) is 0 Å². The van der Waals surface area contributed by atoms with E-state index in [4.69, 9.17) is 11.5 Å². The molecular weight excluding hydrogens is 376 g/mol. The molecule has 1 aliphatic carbocycles. The van der Waals surface area contributed by atoms with Crippen LogP contribution in [0.3, 0.4) is 0 Å². The van der Waals surface area contributed by atoms with Crippen molar-refractivity contribution in [3.05, 3.63) is 0 Å². The van der Waals surface area contributed by atoms with Gasteiger partial charge in [-0.1, -0.05) is 99.3 Å². The zero-order valence-corrected chi connectivity index (χ0v) is 22.4. The summed E-state index contributed by atoms with van der Waals surface area (Å²) >= 11 is 0. The maximum Gasteiger partial charge on any atom is 0.00645 e. The minimum absolute atomic E-state index is 0.389. The highest BCUT2D eigenvalue weighted by Crippen LogP contribution is 2.51. The van der Waals surface area contributed by atoms with E-state index < -0.39 is 0 Å². The van der Waals surface area contributed by atoms with E-state index in [-0.39, 0.29) is 0 Å². The Morgan fingerprint density at radius 1 is 0.839 bits per heavy atom. The fraction of sp³-hybridized carbons (Fsp3) is 1.00. The van der Waals surface area contributed by atoms with Crippen LogP contribution in [0.25, 0.3) is 0 Å². The fourth-order valence-corrected chi connectivity index (χ4v) is 6.77. The van der Waals surface area contributed by atoms with Crippen molar-refractivity contribution in [3.8, 4) is 0 Å². The average molecular weight is 437 g/mol. The zero-order chi connectivity index (χ0) is 23.3. The molecule has 4 N–H and O–H groups in total. The Hall–Kier alpha value is -0.0800. The van der Waals surface area contributed by atoms with Gasteiger partial charge in [0, 0.05) is 6.04 Å². The normalized spacial score (nSPS) is 26.0. The lowest BCUT2D eigenvalue weighted by Crippen LogP contribution is -2.45. The van der Waals surface area contributed by atoms with Gasteiger partial charge in [-0.15, -0.1) is 0 Å². The van der Waals surface area contributed by atoms with Gasteiger partial charge in [-0.25, -0.2) is 0 Å². The summed E-state index contributed by atoms with van der Waals surface area (Å²) in [6.07, 6.45) is 20.2. The molecule has 2 nitrogen and oxygen atoms in total. The van der Waals surface area contributed by atoms with Crippen LogP contribution >= 0.6 is 0 Å². The van der Waals surface area contributed by atoms with E-state index in [2.05, 4.69) is 41.5 Å². The smallest absolute Gasteiger partial charge is 0.00645 e. The molecule has 1 saturated carbocycles. The first-order chi connectivity index (χ1) is 14.8. The summed E-state index contributed by atoms with van der Waals surface area (Å²) in [7, 11) is 0. The fourth-order valence-electron chi connectivity index (χ4n) is 6.77. The van der Waals surface area contributed by atoms with E-state index in [0.717, 1.165) is 30.2 Å². The molecule has 0 saturated heterocycles. The SMILES string of the molecule is CCCC(C)C(N)CCCCCCCCC(CN)(CCC)C1CC(C)CCC1C(C)C. The topological polar surface area (TPSA) is 52.0 Å². The minimum Gasteiger partial charge on any atom is -0.330 e. The first kappa shape index (κ1) is 29.0. The van der Waals surface area contributed by atoms with Gasteiger partial charge in [-0.2, -0.15) is 0 Å². The molecule has 0 amide bonds. The molecule has 1 rings (SSSR count). The Balaban J connectivity index is 2.44. The van der Waals surface area contributed by atoms with E-state index in [1.54, 1.807) is 0 Å². The molecule has 0 aromatic heterocycles. The molecule has 0 aliphatic heterocycles. The maximum atomic E-state index is 6.58. The van der Waals surface area contributed by atoms with Crippen molar-refractivity contribution < 1.29 is 0 Å². The van der Waals surface area contributed by atoms with Gasteiger partial charge in [-0.3, -0.25) is 0 Å². The minimum atomic E-state index is 0.389. The molecule has 1 fully saturated rings. The van der Waals surface area contributed by atoms with Gasteiger partial charge in [0.2, 0.25) is 0 Å². The van der Waals surface area contributed by atoms with E-state index in [1.807, 2.05) is 0 Å². The largest absolute Gasteiger partial charge is 0.330 e. The van der Waals surface area contributed by atoms with Crippen molar-refractivity contribution >= 4 is 0 Å². The highest BCUT2D eigenvalue weighted by molar-refractivity contribution is 4.94. The van der Waals surface area contributed by atoms with Crippen LogP contribution in [-0.2, 0) is 0 Å². The van der Waals surface area contributed by atoms with Gasteiger partial charge in [0.05, 0.1) is 0 Å². The number of unbranched alkanes of at least 4 members (excludes halogenated alkanes) is 5. The second kappa shape index (κ2) is 15.7.